The van der Waals surface area contributed by atoms with Crippen LogP contribution in [0, 0.1) is 6.92 Å². The lowest BCUT2D eigenvalue weighted by Crippen LogP contribution is -2.68. The van der Waals surface area contributed by atoms with E-state index in [1.54, 1.807) is 24.3 Å². The summed E-state index contributed by atoms with van der Waals surface area (Å²) in [6.07, 6.45) is -3.52. The zero-order valence-corrected chi connectivity index (χ0v) is 27.7. The van der Waals surface area contributed by atoms with Crippen molar-refractivity contribution in [2.45, 2.75) is 87.1 Å². The predicted octanol–water partition coefficient (Wildman–Crippen LogP) is 6.54. The third kappa shape index (κ3) is 6.41. The van der Waals surface area contributed by atoms with E-state index in [1.807, 2.05) is 61.5 Å². The first-order valence-corrected chi connectivity index (χ1v) is 18.5. The van der Waals surface area contributed by atoms with Crippen molar-refractivity contribution in [3.05, 3.63) is 101 Å². The summed E-state index contributed by atoms with van der Waals surface area (Å²) in [5.74, 6) is -2.14. The molecule has 1 N–H and O–H groups in total. The van der Waals surface area contributed by atoms with Crippen molar-refractivity contribution in [2.24, 2.45) is 0 Å². The topological polar surface area (TPSA) is 102 Å². The van der Waals surface area contributed by atoms with Gasteiger partial charge in [0, 0.05) is 4.90 Å². The average Bonchev–Trinajstić information content (AvgIpc) is 3.22. The smallest absolute Gasteiger partial charge is 0.335 e. The van der Waals surface area contributed by atoms with Crippen LogP contribution in [0.2, 0.25) is 18.1 Å². The van der Waals surface area contributed by atoms with Gasteiger partial charge in [0.25, 0.3) is 11.8 Å². The molecule has 10 heteroatoms. The maximum absolute atomic E-state index is 14.0. The summed E-state index contributed by atoms with van der Waals surface area (Å²) in [7, 11) is -2.64. The maximum atomic E-state index is 14.0. The van der Waals surface area contributed by atoms with Crippen molar-refractivity contribution in [1.29, 1.82) is 0 Å². The lowest BCUT2D eigenvalue weighted by atomic mass is 9.96. The van der Waals surface area contributed by atoms with Gasteiger partial charge in [0.1, 0.15) is 17.6 Å². The number of benzene rings is 3. The summed E-state index contributed by atoms with van der Waals surface area (Å²) in [5, 5.41) is 10.2. The van der Waals surface area contributed by atoms with Crippen LogP contribution in [0.15, 0.2) is 83.8 Å². The molecule has 0 unspecified atom stereocenters. The number of hydrogen-bond acceptors (Lipinski definition) is 7. The number of hydrogen-bond donors (Lipinski definition) is 1. The molecule has 0 bridgehead atoms. The van der Waals surface area contributed by atoms with Gasteiger partial charge in [-0.15, -0.1) is 0 Å². The molecule has 3 aromatic rings. The molecule has 232 valence electrons. The van der Waals surface area contributed by atoms with Crippen molar-refractivity contribution >= 4 is 37.9 Å². The SMILES string of the molecule is Cc1ccc(S[C@@H]2O[C@H](C(=O)O)[C@@H](OCc3ccccc3)[C@H](O[Si](C)(C)C(C)(C)C)[C@H]2N2C(=O)c3ccccc3C2=O)cc1. The fourth-order valence-corrected chi connectivity index (χ4v) is 7.68. The first-order chi connectivity index (χ1) is 20.8. The van der Waals surface area contributed by atoms with Gasteiger partial charge in [0.05, 0.1) is 23.8 Å². The number of carbonyl (C=O) groups is 3. The van der Waals surface area contributed by atoms with Gasteiger partial charge in [-0.3, -0.25) is 14.5 Å². The molecule has 2 amide bonds. The van der Waals surface area contributed by atoms with E-state index >= 15 is 0 Å². The number of fused-ring (bicyclic) bond motifs is 1. The molecule has 0 aromatic heterocycles. The number of aliphatic carboxylic acids is 1. The largest absolute Gasteiger partial charge is 0.479 e. The zero-order valence-electron chi connectivity index (χ0n) is 25.9. The van der Waals surface area contributed by atoms with E-state index in [2.05, 4.69) is 33.9 Å². The minimum atomic E-state index is -2.64. The molecule has 1 saturated heterocycles. The highest BCUT2D eigenvalue weighted by atomic mass is 32.2. The number of carbonyl (C=O) groups excluding carboxylic acids is 2. The number of rotatable bonds is 9. The minimum absolute atomic E-state index is 0.0978. The molecule has 5 atom stereocenters. The van der Waals surface area contributed by atoms with E-state index in [-0.39, 0.29) is 11.6 Å². The van der Waals surface area contributed by atoms with Crippen molar-refractivity contribution in [1.82, 2.24) is 4.90 Å². The fourth-order valence-electron chi connectivity index (χ4n) is 5.22. The second-order valence-corrected chi connectivity index (χ2v) is 18.7. The van der Waals surface area contributed by atoms with E-state index in [0.29, 0.717) is 11.1 Å². The van der Waals surface area contributed by atoms with Crippen LogP contribution in [-0.2, 0) is 25.3 Å². The van der Waals surface area contributed by atoms with Crippen LogP contribution in [0.1, 0.15) is 52.6 Å². The highest BCUT2D eigenvalue weighted by molar-refractivity contribution is 7.99. The Balaban J connectivity index is 1.64. The predicted molar refractivity (Wildman–Crippen MR) is 171 cm³/mol. The molecule has 0 radical (unpaired) electrons. The summed E-state index contributed by atoms with van der Waals surface area (Å²) in [6, 6.07) is 22.9. The highest BCUT2D eigenvalue weighted by Crippen LogP contribution is 2.45. The van der Waals surface area contributed by atoms with Crippen LogP contribution in [0.5, 0.6) is 0 Å². The minimum Gasteiger partial charge on any atom is -0.479 e. The lowest BCUT2D eigenvalue weighted by Gasteiger charge is -2.51. The fraction of sp³-hybridized carbons (Fsp3) is 0.382. The van der Waals surface area contributed by atoms with E-state index in [4.69, 9.17) is 13.9 Å². The lowest BCUT2D eigenvalue weighted by molar-refractivity contribution is -0.204. The molecule has 2 heterocycles. The zero-order chi connectivity index (χ0) is 31.8. The van der Waals surface area contributed by atoms with Gasteiger partial charge in [-0.05, 0) is 54.9 Å². The third-order valence-corrected chi connectivity index (χ3v) is 14.3. The maximum Gasteiger partial charge on any atom is 0.335 e. The van der Waals surface area contributed by atoms with E-state index in [9.17, 15) is 19.5 Å². The third-order valence-electron chi connectivity index (χ3n) is 8.68. The summed E-state index contributed by atoms with van der Waals surface area (Å²) < 4.78 is 19.8. The monoisotopic (exact) mass is 633 g/mol. The number of carboxylic acid groups (broad SMARTS) is 1. The molecule has 1 fully saturated rings. The second kappa shape index (κ2) is 12.6. The van der Waals surface area contributed by atoms with Crippen LogP contribution in [0.4, 0.5) is 0 Å². The van der Waals surface area contributed by atoms with Crippen LogP contribution < -0.4 is 0 Å². The number of aryl methyl sites for hydroxylation is 1. The van der Waals surface area contributed by atoms with Crippen molar-refractivity contribution in [3.8, 4) is 0 Å². The standard InChI is InChI=1S/C34H39NO7SSi/c1-21-16-18-23(19-17-21)43-33-26(35-30(36)24-14-10-11-15-25(24)31(35)37)27(42-44(5,6)34(2,3)4)28(29(41-33)32(38)39)40-20-22-12-8-7-9-13-22/h7-19,26-29,33H,20H2,1-6H3,(H,38,39)/t26-,27-,28+,29+,33+/m1/s1. The van der Waals surface area contributed by atoms with Crippen LogP contribution in [-0.4, -0.2) is 65.9 Å². The van der Waals surface area contributed by atoms with Gasteiger partial charge in [0.15, 0.2) is 14.4 Å². The van der Waals surface area contributed by atoms with E-state index in [1.165, 1.54) is 16.7 Å². The van der Waals surface area contributed by atoms with E-state index < -0.39 is 55.9 Å². The quantitative estimate of drug-likeness (QED) is 0.210. The molecule has 0 aliphatic carbocycles. The number of amides is 2. The van der Waals surface area contributed by atoms with E-state index in [0.717, 1.165) is 16.0 Å². The molecule has 0 saturated carbocycles. The Morgan fingerprint density at radius 1 is 0.909 bits per heavy atom. The summed E-state index contributed by atoms with van der Waals surface area (Å²) >= 11 is 1.27. The van der Waals surface area contributed by atoms with Gasteiger partial charge in [-0.1, -0.05) is 92.7 Å². The van der Waals surface area contributed by atoms with Gasteiger partial charge >= 0.3 is 5.97 Å². The number of ether oxygens (including phenoxy) is 2. The number of imide groups is 1. The normalized spacial score (nSPS) is 24.0. The Morgan fingerprint density at radius 3 is 2.02 bits per heavy atom. The number of nitrogens with zero attached hydrogens (tertiary/aromatic N) is 1. The Labute approximate surface area is 263 Å². The van der Waals surface area contributed by atoms with Gasteiger partial charge in [0.2, 0.25) is 0 Å². The van der Waals surface area contributed by atoms with Gasteiger partial charge < -0.3 is 19.0 Å². The van der Waals surface area contributed by atoms with Gasteiger partial charge in [-0.2, -0.15) is 0 Å². The molecule has 5 rings (SSSR count). The van der Waals surface area contributed by atoms with Crippen LogP contribution >= 0.6 is 11.8 Å². The molecule has 0 spiro atoms. The first kappa shape index (κ1) is 32.1. The summed E-state index contributed by atoms with van der Waals surface area (Å²) in [6.45, 7) is 12.5. The molecule has 8 nitrogen and oxygen atoms in total. The number of thioether (sulfide) groups is 1. The Kier molecular flexibility index (Phi) is 9.20. The second-order valence-electron chi connectivity index (χ2n) is 12.8. The average molecular weight is 634 g/mol. The molecular weight excluding hydrogens is 595 g/mol. The summed E-state index contributed by atoms with van der Waals surface area (Å²) in [5.41, 5.74) is 1.55. The molecular formula is C34H39NO7SSi. The summed E-state index contributed by atoms with van der Waals surface area (Å²) in [4.78, 5) is 42.9. The molecule has 2 aliphatic rings. The molecule has 2 aliphatic heterocycles. The molecule has 3 aromatic carbocycles. The Bertz CT molecular complexity index is 1490. The Morgan fingerprint density at radius 2 is 1.48 bits per heavy atom. The highest BCUT2D eigenvalue weighted by Gasteiger charge is 2.58. The van der Waals surface area contributed by atoms with Crippen molar-refractivity contribution in [2.75, 3.05) is 0 Å². The van der Waals surface area contributed by atoms with Crippen molar-refractivity contribution in [3.63, 3.8) is 0 Å². The first-order valence-electron chi connectivity index (χ1n) is 14.7. The Hall–Kier alpha value is -3.28. The van der Waals surface area contributed by atoms with Crippen LogP contribution in [0.3, 0.4) is 0 Å². The number of carboxylic acids is 1. The van der Waals surface area contributed by atoms with Crippen LogP contribution in [0.25, 0.3) is 0 Å². The van der Waals surface area contributed by atoms with Crippen molar-refractivity contribution < 1.29 is 33.4 Å². The van der Waals surface area contributed by atoms with Gasteiger partial charge in [-0.25, -0.2) is 4.79 Å². The molecule has 44 heavy (non-hydrogen) atoms.